The first-order chi connectivity index (χ1) is 9.22. The van der Waals surface area contributed by atoms with Gasteiger partial charge in [0.25, 0.3) is 0 Å². The van der Waals surface area contributed by atoms with Crippen molar-refractivity contribution in [1.82, 2.24) is 0 Å². The van der Waals surface area contributed by atoms with Crippen LogP contribution in [0.25, 0.3) is 0 Å². The van der Waals surface area contributed by atoms with Gasteiger partial charge in [-0.2, -0.15) is 0 Å². The van der Waals surface area contributed by atoms with Crippen LogP contribution in [0.4, 0.5) is 4.39 Å². The van der Waals surface area contributed by atoms with E-state index in [1.54, 1.807) is 0 Å². The van der Waals surface area contributed by atoms with Crippen molar-refractivity contribution in [3.8, 4) is 5.75 Å². The van der Waals surface area contributed by atoms with Crippen molar-refractivity contribution in [1.29, 1.82) is 0 Å². The van der Waals surface area contributed by atoms with E-state index < -0.39 is 6.36 Å². The Hall–Kier alpha value is -1.58. The van der Waals surface area contributed by atoms with Crippen LogP contribution in [0.2, 0.25) is 0 Å². The number of hydrogen-bond donors (Lipinski definition) is 1. The van der Waals surface area contributed by atoms with E-state index in [-0.39, 0.29) is 24.2 Å². The molecular formula is C16H24FNO2. The summed E-state index contributed by atoms with van der Waals surface area (Å²) in [6.45, 7) is 9.49. The van der Waals surface area contributed by atoms with E-state index in [4.69, 9.17) is 10.5 Å². The highest BCUT2D eigenvalue weighted by Crippen LogP contribution is 2.33. The molecule has 0 radical (unpaired) electrons. The highest BCUT2D eigenvalue weighted by atomic mass is 19.1. The summed E-state index contributed by atoms with van der Waals surface area (Å²) in [4.78, 5) is 11.3. The maximum absolute atomic E-state index is 13.1. The maximum atomic E-state index is 13.1. The zero-order valence-electron chi connectivity index (χ0n) is 12.9. The number of carbonyl (C=O) groups is 1. The third-order valence-corrected chi connectivity index (χ3v) is 3.19. The third-order valence-electron chi connectivity index (χ3n) is 3.19. The lowest BCUT2D eigenvalue weighted by Gasteiger charge is -2.21. The van der Waals surface area contributed by atoms with Gasteiger partial charge in [-0.25, -0.2) is 4.39 Å². The van der Waals surface area contributed by atoms with E-state index in [0.717, 1.165) is 16.7 Å². The summed E-state index contributed by atoms with van der Waals surface area (Å²) in [5.41, 5.74) is 8.28. The zero-order valence-corrected chi connectivity index (χ0v) is 12.9. The van der Waals surface area contributed by atoms with Gasteiger partial charge in [-0.15, -0.1) is 0 Å². The molecule has 0 saturated heterocycles. The maximum Gasteiger partial charge on any atom is 0.235 e. The Morgan fingerprint density at radius 3 is 1.90 bits per heavy atom. The fraction of sp³-hybridized carbons (Fsp3) is 0.562. The molecule has 20 heavy (non-hydrogen) atoms. The molecule has 1 unspecified atom stereocenters. The SMILES string of the molecule is CC(F)Oc1cc(C(C)C)c(CC(N)=O)c(C(C)C)c1. The molecule has 0 aliphatic carbocycles. The van der Waals surface area contributed by atoms with Crippen LogP contribution in [0.15, 0.2) is 12.1 Å². The van der Waals surface area contributed by atoms with Crippen LogP contribution >= 0.6 is 0 Å². The summed E-state index contributed by atoms with van der Waals surface area (Å²) >= 11 is 0. The highest BCUT2D eigenvalue weighted by Gasteiger charge is 2.18. The van der Waals surface area contributed by atoms with Crippen molar-refractivity contribution in [2.24, 2.45) is 5.73 Å². The van der Waals surface area contributed by atoms with Gasteiger partial charge in [-0.3, -0.25) is 4.79 Å². The molecule has 2 N–H and O–H groups in total. The van der Waals surface area contributed by atoms with Gasteiger partial charge in [0.1, 0.15) is 5.75 Å². The number of primary amides is 1. The number of ether oxygens (including phenoxy) is 1. The molecule has 0 aliphatic rings. The first kappa shape index (κ1) is 16.5. The molecule has 3 nitrogen and oxygen atoms in total. The minimum absolute atomic E-state index is 0.201. The predicted octanol–water partition coefficient (Wildman–Crippen LogP) is 3.66. The van der Waals surface area contributed by atoms with E-state index in [0.29, 0.717) is 5.75 Å². The molecule has 1 atom stereocenters. The fourth-order valence-corrected chi connectivity index (χ4v) is 2.35. The van der Waals surface area contributed by atoms with Gasteiger partial charge < -0.3 is 10.5 Å². The Bertz CT molecular complexity index is 452. The van der Waals surface area contributed by atoms with Crippen molar-refractivity contribution in [3.05, 3.63) is 28.8 Å². The van der Waals surface area contributed by atoms with Gasteiger partial charge in [0.15, 0.2) is 0 Å². The first-order valence-electron chi connectivity index (χ1n) is 6.98. The molecule has 0 aromatic heterocycles. The van der Waals surface area contributed by atoms with Gasteiger partial charge in [-0.05, 0) is 40.7 Å². The number of nitrogens with two attached hydrogens (primary N) is 1. The predicted molar refractivity (Wildman–Crippen MR) is 78.7 cm³/mol. The molecule has 1 aromatic carbocycles. The quantitative estimate of drug-likeness (QED) is 0.865. The minimum Gasteiger partial charge on any atom is -0.461 e. The second kappa shape index (κ2) is 6.73. The summed E-state index contributed by atoms with van der Waals surface area (Å²) in [6, 6.07) is 3.62. The summed E-state index contributed by atoms with van der Waals surface area (Å²) in [5, 5.41) is 0. The second-order valence-corrected chi connectivity index (χ2v) is 5.69. The molecule has 0 heterocycles. The van der Waals surface area contributed by atoms with Crippen LogP contribution in [-0.2, 0) is 11.2 Å². The zero-order chi connectivity index (χ0) is 15.4. The lowest BCUT2D eigenvalue weighted by atomic mass is 9.86. The van der Waals surface area contributed by atoms with Crippen LogP contribution in [0.5, 0.6) is 5.75 Å². The van der Waals surface area contributed by atoms with Crippen molar-refractivity contribution in [2.75, 3.05) is 0 Å². The minimum atomic E-state index is -1.36. The van der Waals surface area contributed by atoms with Crippen molar-refractivity contribution in [3.63, 3.8) is 0 Å². The Morgan fingerprint density at radius 2 is 1.60 bits per heavy atom. The van der Waals surface area contributed by atoms with E-state index in [1.165, 1.54) is 6.92 Å². The molecule has 1 rings (SSSR count). The Labute approximate surface area is 120 Å². The number of alkyl halides is 1. The molecule has 0 saturated carbocycles. The average molecular weight is 281 g/mol. The summed E-state index contributed by atoms with van der Waals surface area (Å²) in [6.07, 6.45) is -1.16. The van der Waals surface area contributed by atoms with Crippen molar-refractivity contribution in [2.45, 2.75) is 59.2 Å². The molecule has 0 aliphatic heterocycles. The standard InChI is InChI=1S/C16H24FNO2/c1-9(2)13-6-12(20-11(5)17)7-14(10(3)4)15(13)8-16(18)19/h6-7,9-11H,8H2,1-5H3,(H2,18,19). The molecule has 1 amide bonds. The van der Waals surface area contributed by atoms with Gasteiger partial charge in [0.05, 0.1) is 6.42 Å². The topological polar surface area (TPSA) is 52.3 Å². The monoisotopic (exact) mass is 281 g/mol. The van der Waals surface area contributed by atoms with Crippen LogP contribution in [-0.4, -0.2) is 12.3 Å². The van der Waals surface area contributed by atoms with E-state index in [2.05, 4.69) is 0 Å². The van der Waals surface area contributed by atoms with Gasteiger partial charge in [0, 0.05) is 6.92 Å². The molecule has 112 valence electrons. The number of carbonyl (C=O) groups excluding carboxylic acids is 1. The number of amides is 1. The molecular weight excluding hydrogens is 257 g/mol. The largest absolute Gasteiger partial charge is 0.461 e. The van der Waals surface area contributed by atoms with Crippen LogP contribution in [0.1, 0.15) is 63.1 Å². The highest BCUT2D eigenvalue weighted by molar-refractivity contribution is 5.78. The summed E-state index contributed by atoms with van der Waals surface area (Å²) in [5.74, 6) is 0.558. The second-order valence-electron chi connectivity index (χ2n) is 5.69. The molecule has 4 heteroatoms. The normalized spacial score (nSPS) is 12.8. The van der Waals surface area contributed by atoms with Gasteiger partial charge in [-0.1, -0.05) is 27.7 Å². The lowest BCUT2D eigenvalue weighted by molar-refractivity contribution is -0.117. The van der Waals surface area contributed by atoms with Crippen molar-refractivity contribution >= 4 is 5.91 Å². The Kier molecular flexibility index (Phi) is 5.54. The molecule has 0 spiro atoms. The number of halogens is 1. The van der Waals surface area contributed by atoms with Crippen molar-refractivity contribution < 1.29 is 13.9 Å². The Balaban J connectivity index is 3.41. The Morgan fingerprint density at radius 1 is 1.15 bits per heavy atom. The molecule has 0 bridgehead atoms. The van der Waals surface area contributed by atoms with E-state index >= 15 is 0 Å². The molecule has 0 fully saturated rings. The lowest BCUT2D eigenvalue weighted by Crippen LogP contribution is -2.17. The summed E-state index contributed by atoms with van der Waals surface area (Å²) < 4.78 is 18.2. The van der Waals surface area contributed by atoms with Gasteiger partial charge in [0.2, 0.25) is 12.3 Å². The van der Waals surface area contributed by atoms with Crippen LogP contribution in [0.3, 0.4) is 0 Å². The summed E-state index contributed by atoms with van der Waals surface area (Å²) in [7, 11) is 0. The van der Waals surface area contributed by atoms with E-state index in [9.17, 15) is 9.18 Å². The smallest absolute Gasteiger partial charge is 0.235 e. The average Bonchev–Trinajstić information content (AvgIpc) is 2.28. The van der Waals surface area contributed by atoms with Crippen LogP contribution in [0, 0.1) is 0 Å². The number of rotatable bonds is 6. The third kappa shape index (κ3) is 4.22. The van der Waals surface area contributed by atoms with E-state index in [1.807, 2.05) is 39.8 Å². The molecule has 1 aromatic rings. The van der Waals surface area contributed by atoms with Crippen LogP contribution < -0.4 is 10.5 Å². The number of hydrogen-bond acceptors (Lipinski definition) is 2. The first-order valence-corrected chi connectivity index (χ1v) is 6.98. The number of benzene rings is 1. The fourth-order valence-electron chi connectivity index (χ4n) is 2.35. The van der Waals surface area contributed by atoms with Gasteiger partial charge >= 0.3 is 0 Å².